The molecule has 7 nitrogen and oxygen atoms in total. The first-order chi connectivity index (χ1) is 12.7. The lowest BCUT2D eigenvalue weighted by atomic mass is 9.94. The van der Waals surface area contributed by atoms with Crippen molar-refractivity contribution < 1.29 is 18.0 Å². The predicted octanol–water partition coefficient (Wildman–Crippen LogP) is 1.26. The van der Waals surface area contributed by atoms with Crippen molar-refractivity contribution in [3.63, 3.8) is 0 Å². The van der Waals surface area contributed by atoms with Gasteiger partial charge in [-0.05, 0) is 45.2 Å². The summed E-state index contributed by atoms with van der Waals surface area (Å²) in [4.78, 5) is 27.6. The largest absolute Gasteiger partial charge is 0.406 e. The summed E-state index contributed by atoms with van der Waals surface area (Å²) >= 11 is 0. The molecular weight excluding hydrogens is 363 g/mol. The Balaban J connectivity index is 1.40. The molecule has 0 N–H and O–H groups in total. The number of hydrogen-bond acceptors (Lipinski definition) is 4. The van der Waals surface area contributed by atoms with Gasteiger partial charge in [0.25, 0.3) is 0 Å². The molecule has 0 spiro atoms. The quantitative estimate of drug-likeness (QED) is 0.780. The Bertz CT molecular complexity index is 775. The molecule has 2 aliphatic heterocycles. The number of halogens is 3. The number of aromatic nitrogens is 3. The van der Waals surface area contributed by atoms with E-state index in [1.54, 1.807) is 7.05 Å². The van der Waals surface area contributed by atoms with Crippen molar-refractivity contribution >= 4 is 5.91 Å². The van der Waals surface area contributed by atoms with E-state index in [1.807, 2.05) is 9.47 Å². The normalized spacial score (nSPS) is 25.6. The fraction of sp³-hybridized carbons (Fsp3) is 0.824. The number of rotatable bonds is 4. The minimum Gasteiger partial charge on any atom is -0.332 e. The Hall–Kier alpha value is -1.84. The summed E-state index contributed by atoms with van der Waals surface area (Å²) < 4.78 is 41.0. The van der Waals surface area contributed by atoms with Crippen LogP contribution >= 0.6 is 0 Å². The number of carbonyl (C=O) groups excluding carboxylic acids is 1. The van der Waals surface area contributed by atoms with E-state index in [2.05, 4.69) is 5.10 Å². The van der Waals surface area contributed by atoms with Gasteiger partial charge in [-0.2, -0.15) is 18.3 Å². The molecule has 0 radical (unpaired) electrons. The zero-order valence-corrected chi connectivity index (χ0v) is 15.3. The molecule has 10 heteroatoms. The van der Waals surface area contributed by atoms with Crippen LogP contribution in [0.15, 0.2) is 4.79 Å². The van der Waals surface area contributed by atoms with Crippen molar-refractivity contribution in [2.45, 2.75) is 56.3 Å². The van der Waals surface area contributed by atoms with Gasteiger partial charge in [-0.25, -0.2) is 9.48 Å². The van der Waals surface area contributed by atoms with E-state index in [-0.39, 0.29) is 24.2 Å². The Morgan fingerprint density at radius 2 is 1.70 bits per heavy atom. The highest BCUT2D eigenvalue weighted by Gasteiger charge is 2.42. The lowest BCUT2D eigenvalue weighted by Crippen LogP contribution is -2.47. The summed E-state index contributed by atoms with van der Waals surface area (Å²) in [5.41, 5.74) is -0.0799. The fourth-order valence-corrected chi connectivity index (χ4v) is 4.36. The molecule has 1 aliphatic carbocycles. The molecule has 2 saturated heterocycles. The molecule has 27 heavy (non-hydrogen) atoms. The van der Waals surface area contributed by atoms with Gasteiger partial charge >= 0.3 is 11.9 Å². The van der Waals surface area contributed by atoms with Gasteiger partial charge < -0.3 is 4.90 Å². The lowest BCUT2D eigenvalue weighted by molar-refractivity contribution is -0.159. The molecular formula is C17H24F3N5O2. The molecule has 3 fully saturated rings. The maximum Gasteiger partial charge on any atom is 0.406 e. The summed E-state index contributed by atoms with van der Waals surface area (Å²) in [6.07, 6.45) is -0.399. The topological polar surface area (TPSA) is 63.4 Å². The van der Waals surface area contributed by atoms with E-state index in [0.29, 0.717) is 19.5 Å². The monoisotopic (exact) mass is 387 g/mol. The van der Waals surface area contributed by atoms with Crippen molar-refractivity contribution in [1.82, 2.24) is 24.1 Å². The van der Waals surface area contributed by atoms with Crippen LogP contribution in [0.4, 0.5) is 13.2 Å². The molecule has 4 rings (SSSR count). The van der Waals surface area contributed by atoms with Gasteiger partial charge in [0.1, 0.15) is 12.4 Å². The minimum absolute atomic E-state index is 0.0799. The average Bonchev–Trinajstić information content (AvgIpc) is 3.32. The number of hydrogen-bond donors (Lipinski definition) is 0. The van der Waals surface area contributed by atoms with Crippen LogP contribution in [0.2, 0.25) is 0 Å². The Morgan fingerprint density at radius 3 is 2.30 bits per heavy atom. The SMILES string of the molecule is Cn1nc(C2CCN(C3CCN(CC(F)(F)F)C3=O)CC2)n(C2CC2)c1=O. The van der Waals surface area contributed by atoms with Gasteiger partial charge in [0.2, 0.25) is 5.91 Å². The highest BCUT2D eigenvalue weighted by atomic mass is 19.4. The predicted molar refractivity (Wildman–Crippen MR) is 90.3 cm³/mol. The number of likely N-dealkylation sites (tertiary alicyclic amines) is 2. The van der Waals surface area contributed by atoms with Gasteiger partial charge in [0, 0.05) is 25.6 Å². The van der Waals surface area contributed by atoms with Crippen molar-refractivity contribution in [2.75, 3.05) is 26.2 Å². The molecule has 3 aliphatic rings. The third kappa shape index (κ3) is 3.63. The van der Waals surface area contributed by atoms with Gasteiger partial charge in [-0.1, -0.05) is 0 Å². The van der Waals surface area contributed by atoms with Crippen molar-refractivity contribution in [2.24, 2.45) is 7.05 Å². The number of nitrogens with zero attached hydrogens (tertiary/aromatic N) is 5. The standard InChI is InChI=1S/C17H24F3N5O2/c1-22-16(27)25(12-2-3-12)14(21-22)11-4-7-23(8-5-11)13-6-9-24(15(13)26)10-17(18,19)20/h11-13H,2-10H2,1H3. The maximum absolute atomic E-state index is 12.6. The highest BCUT2D eigenvalue weighted by molar-refractivity contribution is 5.84. The molecule has 0 bridgehead atoms. The second kappa shape index (κ2) is 6.65. The first-order valence-electron chi connectivity index (χ1n) is 9.49. The van der Waals surface area contributed by atoms with Crippen LogP contribution < -0.4 is 5.69 Å². The maximum atomic E-state index is 12.6. The fourth-order valence-electron chi connectivity index (χ4n) is 4.36. The van der Waals surface area contributed by atoms with Crippen molar-refractivity contribution in [1.29, 1.82) is 0 Å². The smallest absolute Gasteiger partial charge is 0.332 e. The van der Waals surface area contributed by atoms with E-state index in [1.165, 1.54) is 4.68 Å². The van der Waals surface area contributed by atoms with Crippen LogP contribution in [0.1, 0.15) is 49.9 Å². The molecule has 0 aromatic carbocycles. The summed E-state index contributed by atoms with van der Waals surface area (Å²) in [6.45, 7) is 0.261. The molecule has 1 saturated carbocycles. The van der Waals surface area contributed by atoms with E-state index in [9.17, 15) is 22.8 Å². The van der Waals surface area contributed by atoms with Crippen LogP contribution in [-0.4, -0.2) is 68.5 Å². The molecule has 1 aromatic rings. The minimum atomic E-state index is -4.36. The average molecular weight is 387 g/mol. The summed E-state index contributed by atoms with van der Waals surface area (Å²) in [5, 5.41) is 4.43. The molecule has 1 unspecified atom stereocenters. The molecule has 150 valence electrons. The van der Waals surface area contributed by atoms with E-state index < -0.39 is 24.7 Å². The molecule has 3 heterocycles. The first kappa shape index (κ1) is 18.5. The van der Waals surface area contributed by atoms with Crippen molar-refractivity contribution in [3.8, 4) is 0 Å². The first-order valence-corrected chi connectivity index (χ1v) is 9.49. The van der Waals surface area contributed by atoms with Gasteiger partial charge in [-0.3, -0.25) is 14.3 Å². The number of piperidine rings is 1. The van der Waals surface area contributed by atoms with Gasteiger partial charge in [0.05, 0.1) is 6.04 Å². The lowest BCUT2D eigenvalue weighted by Gasteiger charge is -2.34. The van der Waals surface area contributed by atoms with Crippen LogP contribution in [0.3, 0.4) is 0 Å². The number of aryl methyl sites for hydroxylation is 1. The molecule has 1 atom stereocenters. The van der Waals surface area contributed by atoms with E-state index in [4.69, 9.17) is 0 Å². The second-order valence-electron chi connectivity index (χ2n) is 7.86. The van der Waals surface area contributed by atoms with Crippen molar-refractivity contribution in [3.05, 3.63) is 16.3 Å². The molecule has 1 aromatic heterocycles. The summed E-state index contributed by atoms with van der Waals surface area (Å²) in [6, 6.07) is -0.200. The highest BCUT2D eigenvalue weighted by Crippen LogP contribution is 2.38. The van der Waals surface area contributed by atoms with Crippen LogP contribution in [0, 0.1) is 0 Å². The summed E-state index contributed by atoms with van der Waals surface area (Å²) in [5.74, 6) is 0.554. The van der Waals surface area contributed by atoms with Crippen LogP contribution in [0.5, 0.6) is 0 Å². The van der Waals surface area contributed by atoms with E-state index in [0.717, 1.165) is 36.4 Å². The second-order valence-corrected chi connectivity index (χ2v) is 7.86. The van der Waals surface area contributed by atoms with Gasteiger partial charge in [-0.15, -0.1) is 0 Å². The van der Waals surface area contributed by atoms with E-state index >= 15 is 0 Å². The molecule has 1 amide bonds. The number of alkyl halides is 3. The van der Waals surface area contributed by atoms with Crippen LogP contribution in [0.25, 0.3) is 0 Å². The van der Waals surface area contributed by atoms with Crippen LogP contribution in [-0.2, 0) is 11.8 Å². The number of amides is 1. The van der Waals surface area contributed by atoms with Gasteiger partial charge in [0.15, 0.2) is 0 Å². The number of carbonyl (C=O) groups is 1. The Kier molecular flexibility index (Phi) is 4.56. The third-order valence-electron chi connectivity index (χ3n) is 5.87. The Morgan fingerprint density at radius 1 is 1.04 bits per heavy atom. The third-order valence-corrected chi connectivity index (χ3v) is 5.87. The Labute approximate surface area is 154 Å². The zero-order valence-electron chi connectivity index (χ0n) is 15.3. The summed E-state index contributed by atoms with van der Waals surface area (Å²) in [7, 11) is 1.66. The zero-order chi connectivity index (χ0) is 19.3.